The zero-order valence-corrected chi connectivity index (χ0v) is 36.6. The van der Waals surface area contributed by atoms with Crippen molar-refractivity contribution < 1.29 is 0 Å². The summed E-state index contributed by atoms with van der Waals surface area (Å²) in [4.78, 5) is 0. The minimum Gasteiger partial charge on any atom is -0.309 e. The topological polar surface area (TPSA) is 4.93 Å². The average Bonchev–Trinajstić information content (AvgIpc) is 3.75. The van der Waals surface area contributed by atoms with Crippen molar-refractivity contribution in [1.29, 1.82) is 0 Å². The van der Waals surface area contributed by atoms with Crippen LogP contribution in [-0.2, 0) is 0 Å². The first-order valence-corrected chi connectivity index (χ1v) is 23.2. The highest BCUT2D eigenvalue weighted by molar-refractivity contribution is 6.32. The molecule has 310 valence electrons. The van der Waals surface area contributed by atoms with Gasteiger partial charge in [-0.1, -0.05) is 212 Å². The normalized spacial score (nSPS) is 11.9. The van der Waals surface area contributed by atoms with Crippen molar-refractivity contribution in [3.05, 3.63) is 249 Å². The molecule has 0 N–H and O–H groups in total. The van der Waals surface area contributed by atoms with Crippen molar-refractivity contribution in [3.63, 3.8) is 0 Å². The van der Waals surface area contributed by atoms with Crippen molar-refractivity contribution in [1.82, 2.24) is 4.57 Å². The molecule has 0 saturated carbocycles. The van der Waals surface area contributed by atoms with Crippen molar-refractivity contribution in [2.24, 2.45) is 0 Å². The second kappa shape index (κ2) is 14.9. The maximum atomic E-state index is 2.50. The lowest BCUT2D eigenvalue weighted by molar-refractivity contribution is 1.18. The van der Waals surface area contributed by atoms with Crippen LogP contribution in [0, 0.1) is 0 Å². The third-order valence-corrected chi connectivity index (χ3v) is 14.3. The summed E-state index contributed by atoms with van der Waals surface area (Å²) in [7, 11) is 0. The summed E-state index contributed by atoms with van der Waals surface area (Å²) in [6.07, 6.45) is 0. The predicted octanol–water partition coefficient (Wildman–Crippen LogP) is 18.4. The fourth-order valence-corrected chi connectivity index (χ4v) is 11.3. The van der Waals surface area contributed by atoms with Gasteiger partial charge >= 0.3 is 0 Å². The van der Waals surface area contributed by atoms with Crippen LogP contribution in [-0.4, -0.2) is 4.57 Å². The second-order valence-corrected chi connectivity index (χ2v) is 17.9. The Morgan fingerprint density at radius 2 is 0.493 bits per heavy atom. The molecular formula is C66H41N. The van der Waals surface area contributed by atoms with E-state index in [1.165, 1.54) is 131 Å². The third kappa shape index (κ3) is 5.81. The summed E-state index contributed by atoms with van der Waals surface area (Å²) in [6, 6.07) is 92.1. The number of para-hydroxylation sites is 1. The first kappa shape index (κ1) is 37.6. The molecule has 0 radical (unpaired) electrons. The fourth-order valence-electron chi connectivity index (χ4n) is 11.3. The number of benzene rings is 13. The first-order chi connectivity index (χ1) is 33.2. The maximum absolute atomic E-state index is 2.50. The summed E-state index contributed by atoms with van der Waals surface area (Å²) >= 11 is 0. The van der Waals surface area contributed by atoms with Crippen LogP contribution in [0.3, 0.4) is 0 Å². The predicted molar refractivity (Wildman–Crippen MR) is 288 cm³/mol. The van der Waals surface area contributed by atoms with Crippen LogP contribution in [0.1, 0.15) is 0 Å². The summed E-state index contributed by atoms with van der Waals surface area (Å²) in [5.41, 5.74) is 13.3. The minimum atomic E-state index is 1.14. The number of hydrogen-bond donors (Lipinski definition) is 0. The quantitative estimate of drug-likeness (QED) is 0.152. The van der Waals surface area contributed by atoms with Crippen molar-refractivity contribution in [2.75, 3.05) is 0 Å². The van der Waals surface area contributed by atoms with Gasteiger partial charge in [0.15, 0.2) is 0 Å². The van der Waals surface area contributed by atoms with Gasteiger partial charge < -0.3 is 4.57 Å². The first-order valence-electron chi connectivity index (χ1n) is 23.2. The van der Waals surface area contributed by atoms with E-state index in [1.807, 2.05) is 0 Å². The highest BCUT2D eigenvalue weighted by atomic mass is 15.0. The van der Waals surface area contributed by atoms with E-state index in [0.29, 0.717) is 0 Å². The highest BCUT2D eigenvalue weighted by Gasteiger charge is 2.22. The molecule has 0 spiro atoms. The summed E-state index contributed by atoms with van der Waals surface area (Å²) in [6.45, 7) is 0. The van der Waals surface area contributed by atoms with E-state index in [-0.39, 0.29) is 0 Å². The Bertz CT molecular complexity index is 4030. The van der Waals surface area contributed by atoms with Crippen molar-refractivity contribution >= 4 is 86.4 Å². The van der Waals surface area contributed by atoms with Gasteiger partial charge in [-0.3, -0.25) is 0 Å². The van der Waals surface area contributed by atoms with Gasteiger partial charge in [0.2, 0.25) is 0 Å². The molecule has 0 bridgehead atoms. The smallest absolute Gasteiger partial charge is 0.0553 e. The molecule has 14 rings (SSSR count). The molecule has 1 nitrogen and oxygen atoms in total. The minimum absolute atomic E-state index is 1.14. The number of nitrogens with zero attached hydrogens (tertiary/aromatic N) is 1. The molecule has 0 fully saturated rings. The van der Waals surface area contributed by atoms with Gasteiger partial charge in [-0.2, -0.15) is 0 Å². The molecule has 13 aromatic carbocycles. The van der Waals surface area contributed by atoms with Crippen LogP contribution in [0.4, 0.5) is 0 Å². The maximum Gasteiger partial charge on any atom is 0.0553 e. The van der Waals surface area contributed by atoms with Gasteiger partial charge in [0.1, 0.15) is 0 Å². The van der Waals surface area contributed by atoms with E-state index in [2.05, 4.69) is 253 Å². The lowest BCUT2D eigenvalue weighted by Gasteiger charge is -2.14. The van der Waals surface area contributed by atoms with Crippen LogP contribution in [0.5, 0.6) is 0 Å². The molecule has 0 aliphatic heterocycles. The van der Waals surface area contributed by atoms with E-state index < -0.39 is 0 Å². The van der Waals surface area contributed by atoms with E-state index in [1.54, 1.807) is 0 Å². The van der Waals surface area contributed by atoms with Crippen LogP contribution in [0.25, 0.3) is 137 Å². The molecule has 1 heteroatoms. The molecule has 0 saturated heterocycles. The fraction of sp³-hybridized carbons (Fsp3) is 0. The highest BCUT2D eigenvalue weighted by Crippen LogP contribution is 2.47. The Morgan fingerprint density at radius 1 is 0.209 bits per heavy atom. The Labute approximate surface area is 388 Å². The van der Waals surface area contributed by atoms with Gasteiger partial charge in [0.05, 0.1) is 11.0 Å². The van der Waals surface area contributed by atoms with E-state index in [4.69, 9.17) is 0 Å². The number of fused-ring (bicyclic) bond motifs is 13. The molecule has 0 aliphatic carbocycles. The van der Waals surface area contributed by atoms with Gasteiger partial charge in [0, 0.05) is 16.5 Å². The Morgan fingerprint density at radius 3 is 0.881 bits per heavy atom. The van der Waals surface area contributed by atoms with Gasteiger partial charge in [-0.25, -0.2) is 0 Å². The summed E-state index contributed by atoms with van der Waals surface area (Å²) < 4.78 is 2.50. The van der Waals surface area contributed by atoms with Crippen molar-refractivity contribution in [3.8, 4) is 50.2 Å². The van der Waals surface area contributed by atoms with E-state index >= 15 is 0 Å². The molecule has 0 atom stereocenters. The average molecular weight is 848 g/mol. The number of rotatable bonds is 5. The number of aromatic nitrogens is 1. The largest absolute Gasteiger partial charge is 0.309 e. The Hall–Kier alpha value is -8.78. The van der Waals surface area contributed by atoms with E-state index in [9.17, 15) is 0 Å². The molecule has 1 aromatic heterocycles. The van der Waals surface area contributed by atoms with Crippen LogP contribution >= 0.6 is 0 Å². The van der Waals surface area contributed by atoms with Crippen LogP contribution in [0.15, 0.2) is 249 Å². The Kier molecular flexibility index (Phi) is 8.35. The molecule has 0 unspecified atom stereocenters. The zero-order valence-electron chi connectivity index (χ0n) is 36.6. The zero-order chi connectivity index (χ0) is 44.0. The van der Waals surface area contributed by atoms with Crippen molar-refractivity contribution in [2.45, 2.75) is 0 Å². The monoisotopic (exact) mass is 847 g/mol. The van der Waals surface area contributed by atoms with Gasteiger partial charge in [-0.05, 0) is 146 Å². The van der Waals surface area contributed by atoms with Gasteiger partial charge in [0.25, 0.3) is 0 Å². The molecule has 0 aliphatic rings. The second-order valence-electron chi connectivity index (χ2n) is 17.9. The molecule has 67 heavy (non-hydrogen) atoms. The van der Waals surface area contributed by atoms with E-state index in [0.717, 1.165) is 5.69 Å². The lowest BCUT2D eigenvalue weighted by atomic mass is 9.90. The molecule has 1 heterocycles. The SMILES string of the molecule is c1ccc(-n2c3cc(-c4ccc(-c5cc6ccccc6c6ccccc56)cc4)c4ccccc4c3c3c4ccccc4c(-c4ccc(-c5cc6ccccc6c6ccccc56)cc4)cc32)cc1. The molecule has 14 aromatic rings. The number of hydrogen-bond acceptors (Lipinski definition) is 0. The van der Waals surface area contributed by atoms with Crippen LogP contribution < -0.4 is 0 Å². The summed E-state index contributed by atoms with van der Waals surface area (Å²) in [5, 5.41) is 17.8. The molecular weight excluding hydrogens is 807 g/mol. The Balaban J connectivity index is 0.976. The third-order valence-electron chi connectivity index (χ3n) is 14.3. The summed E-state index contributed by atoms with van der Waals surface area (Å²) in [5.74, 6) is 0. The lowest BCUT2D eigenvalue weighted by Crippen LogP contribution is -1.95. The van der Waals surface area contributed by atoms with Gasteiger partial charge in [-0.15, -0.1) is 0 Å². The molecule has 0 amide bonds. The standard InChI is InChI=1S/C66H41N/c1-2-18-48(19-3-1)67-63-40-61(44-34-30-42(31-35-44)59-38-46-16-4-6-20-49(46)51-22-8-10-24-53(51)59)55-26-12-14-28-57(55)65(63)66-58-29-15-13-27-56(58)62(41-64(66)67)45-36-32-43(33-37-45)60-39-47-17-5-7-21-50(47)52-23-9-11-25-54(52)60/h1-41H. The van der Waals surface area contributed by atoms with Crippen LogP contribution in [0.2, 0.25) is 0 Å².